The van der Waals surface area contributed by atoms with E-state index in [1.807, 2.05) is 0 Å². The number of aliphatic carboxylic acids is 1. The average Bonchev–Trinajstić information content (AvgIpc) is 2.29. The normalized spacial score (nSPS) is 8.78. The van der Waals surface area contributed by atoms with Crippen molar-refractivity contribution >= 4 is 17.9 Å². The van der Waals surface area contributed by atoms with E-state index < -0.39 is 17.9 Å². The topological polar surface area (TPSA) is 101 Å². The van der Waals surface area contributed by atoms with Crippen LogP contribution < -0.4 is 4.74 Å². The lowest BCUT2D eigenvalue weighted by molar-refractivity contribution is -0.136. The predicted octanol–water partition coefficient (Wildman–Crippen LogP) is 1.79. The number of carbonyl (C=O) groups excluding carboxylic acids is 1. The van der Waals surface area contributed by atoms with Crippen LogP contribution in [0.2, 0.25) is 0 Å². The molecule has 18 heavy (non-hydrogen) atoms. The molecule has 1 aromatic carbocycles. The molecule has 1 aromatic rings. The quantitative estimate of drug-likeness (QED) is 0.630. The van der Waals surface area contributed by atoms with Gasteiger partial charge in [-0.3, -0.25) is 9.59 Å². The zero-order chi connectivity index (χ0) is 14.1. The van der Waals surface area contributed by atoms with Crippen molar-refractivity contribution in [3.05, 3.63) is 29.8 Å². The molecular formula is C12H14O6. The second-order valence-corrected chi connectivity index (χ2v) is 3.14. The second-order valence-electron chi connectivity index (χ2n) is 3.14. The molecule has 98 valence electrons. The molecule has 0 amide bonds. The number of rotatable bonds is 3. The van der Waals surface area contributed by atoms with Crippen LogP contribution in [0.25, 0.3) is 0 Å². The fraction of sp³-hybridized carbons (Fsp3) is 0.250. The van der Waals surface area contributed by atoms with Gasteiger partial charge in [-0.2, -0.15) is 0 Å². The Morgan fingerprint density at radius 1 is 1.17 bits per heavy atom. The summed E-state index contributed by atoms with van der Waals surface area (Å²) in [4.78, 5) is 30.6. The zero-order valence-electron chi connectivity index (χ0n) is 10.0. The first-order valence-corrected chi connectivity index (χ1v) is 5.11. The summed E-state index contributed by atoms with van der Waals surface area (Å²) in [6.45, 7) is 2.82. The first-order valence-electron chi connectivity index (χ1n) is 5.11. The minimum atomic E-state index is -1.11. The lowest BCUT2D eigenvalue weighted by Crippen LogP contribution is -2.06. The molecule has 0 fully saturated rings. The monoisotopic (exact) mass is 254 g/mol. The number of benzene rings is 1. The van der Waals surface area contributed by atoms with Gasteiger partial charge in [0, 0.05) is 13.3 Å². The zero-order valence-corrected chi connectivity index (χ0v) is 10.0. The number of hydrogen-bond donors (Lipinski definition) is 2. The summed E-state index contributed by atoms with van der Waals surface area (Å²) in [5, 5.41) is 16.4. The average molecular weight is 254 g/mol. The van der Waals surface area contributed by atoms with E-state index in [2.05, 4.69) is 4.74 Å². The van der Waals surface area contributed by atoms with Crippen LogP contribution in [0.4, 0.5) is 0 Å². The Hall–Kier alpha value is -2.37. The lowest BCUT2D eigenvalue weighted by Gasteiger charge is -2.03. The molecule has 0 atom stereocenters. The van der Waals surface area contributed by atoms with Crippen LogP contribution in [0.5, 0.6) is 5.75 Å². The molecule has 1 rings (SSSR count). The molecule has 0 bridgehead atoms. The third kappa shape index (κ3) is 6.26. The molecule has 0 aliphatic heterocycles. The van der Waals surface area contributed by atoms with Gasteiger partial charge in [0.25, 0.3) is 0 Å². The van der Waals surface area contributed by atoms with Gasteiger partial charge in [0.15, 0.2) is 0 Å². The highest BCUT2D eigenvalue weighted by Gasteiger charge is 2.10. The molecule has 6 heteroatoms. The van der Waals surface area contributed by atoms with Crippen LogP contribution in [0, 0.1) is 0 Å². The molecule has 0 aliphatic carbocycles. The number of para-hydroxylation sites is 1. The van der Waals surface area contributed by atoms with Crippen molar-refractivity contribution in [2.24, 2.45) is 0 Å². The van der Waals surface area contributed by atoms with Crippen molar-refractivity contribution in [2.45, 2.75) is 20.3 Å². The van der Waals surface area contributed by atoms with E-state index >= 15 is 0 Å². The Kier molecular flexibility index (Phi) is 6.80. The highest BCUT2D eigenvalue weighted by Crippen LogP contribution is 2.17. The Bertz CT molecular complexity index is 438. The molecule has 0 unspecified atom stereocenters. The Morgan fingerprint density at radius 2 is 1.67 bits per heavy atom. The Labute approximate surface area is 104 Å². The van der Waals surface area contributed by atoms with E-state index in [1.165, 1.54) is 19.1 Å². The van der Waals surface area contributed by atoms with Crippen LogP contribution >= 0.6 is 0 Å². The van der Waals surface area contributed by atoms with E-state index in [0.29, 0.717) is 0 Å². The van der Waals surface area contributed by atoms with E-state index in [-0.39, 0.29) is 17.7 Å². The Morgan fingerprint density at radius 3 is 2.06 bits per heavy atom. The summed E-state index contributed by atoms with van der Waals surface area (Å²) in [5.74, 6) is -2.32. The molecule has 0 aromatic heterocycles. The van der Waals surface area contributed by atoms with Crippen molar-refractivity contribution in [3.63, 3.8) is 0 Å². The molecule has 2 N–H and O–H groups in total. The minimum absolute atomic E-state index is 0.0160. The smallest absolute Gasteiger partial charge is 0.339 e. The highest BCUT2D eigenvalue weighted by molar-refractivity contribution is 5.91. The number of carboxylic acid groups (broad SMARTS) is 2. The maximum atomic E-state index is 10.6. The van der Waals surface area contributed by atoms with Gasteiger partial charge in [-0.15, -0.1) is 0 Å². The number of hydrogen-bond acceptors (Lipinski definition) is 4. The number of carboxylic acids is 2. The fourth-order valence-electron chi connectivity index (χ4n) is 0.887. The number of esters is 1. The van der Waals surface area contributed by atoms with Gasteiger partial charge < -0.3 is 14.9 Å². The third-order valence-corrected chi connectivity index (χ3v) is 1.67. The van der Waals surface area contributed by atoms with E-state index in [0.717, 1.165) is 0 Å². The van der Waals surface area contributed by atoms with E-state index in [4.69, 9.17) is 10.2 Å². The maximum absolute atomic E-state index is 10.6. The molecular weight excluding hydrogens is 240 g/mol. The summed E-state index contributed by atoms with van der Waals surface area (Å²) < 4.78 is 4.69. The van der Waals surface area contributed by atoms with Crippen LogP contribution in [0.1, 0.15) is 30.6 Å². The molecule has 0 saturated carbocycles. The van der Waals surface area contributed by atoms with Gasteiger partial charge in [-0.05, 0) is 12.1 Å². The summed E-state index contributed by atoms with van der Waals surface area (Å²) in [6.07, 6.45) is 0.222. The summed E-state index contributed by atoms with van der Waals surface area (Å²) in [6, 6.07) is 5.98. The van der Waals surface area contributed by atoms with Crippen LogP contribution in [0.3, 0.4) is 0 Å². The largest absolute Gasteiger partial charge is 0.481 e. The molecule has 0 radical (unpaired) electrons. The predicted molar refractivity (Wildman–Crippen MR) is 62.6 cm³/mol. The minimum Gasteiger partial charge on any atom is -0.481 e. The summed E-state index contributed by atoms with van der Waals surface area (Å²) >= 11 is 0. The van der Waals surface area contributed by atoms with E-state index in [9.17, 15) is 14.4 Å². The number of carbonyl (C=O) groups is 3. The SMILES string of the molecule is CC(=O)Oc1ccccc1C(=O)O.CCC(=O)O. The maximum Gasteiger partial charge on any atom is 0.339 e. The van der Waals surface area contributed by atoms with Crippen LogP contribution in [-0.2, 0) is 9.59 Å². The first kappa shape index (κ1) is 15.6. The van der Waals surface area contributed by atoms with Gasteiger partial charge in [0.1, 0.15) is 11.3 Å². The first-order chi connectivity index (χ1) is 8.38. The van der Waals surface area contributed by atoms with Crippen molar-refractivity contribution in [1.29, 1.82) is 0 Å². The summed E-state index contributed by atoms with van der Waals surface area (Å²) in [7, 11) is 0. The standard InChI is InChI=1S/C9H8O4.C3H6O2/c1-6(10)13-8-5-3-2-4-7(8)9(11)12;1-2-3(4)5/h2-5H,1H3,(H,11,12);2H2,1H3,(H,4,5). The van der Waals surface area contributed by atoms with Crippen LogP contribution in [0.15, 0.2) is 24.3 Å². The third-order valence-electron chi connectivity index (χ3n) is 1.67. The Balaban J connectivity index is 0.000000494. The number of ether oxygens (including phenoxy) is 1. The van der Waals surface area contributed by atoms with E-state index in [1.54, 1.807) is 19.1 Å². The van der Waals surface area contributed by atoms with Gasteiger partial charge in [-0.1, -0.05) is 19.1 Å². The van der Waals surface area contributed by atoms with Gasteiger partial charge in [-0.25, -0.2) is 4.79 Å². The molecule has 0 saturated heterocycles. The summed E-state index contributed by atoms with van der Waals surface area (Å²) in [5.41, 5.74) is -0.0160. The molecule has 6 nitrogen and oxygen atoms in total. The van der Waals surface area contributed by atoms with Crippen molar-refractivity contribution < 1.29 is 29.3 Å². The second kappa shape index (κ2) is 7.83. The lowest BCUT2D eigenvalue weighted by atomic mass is 10.2. The van der Waals surface area contributed by atoms with Crippen molar-refractivity contribution in [3.8, 4) is 5.75 Å². The number of aromatic carboxylic acids is 1. The molecule has 0 aliphatic rings. The van der Waals surface area contributed by atoms with Gasteiger partial charge in [0.2, 0.25) is 0 Å². The van der Waals surface area contributed by atoms with Gasteiger partial charge in [0.05, 0.1) is 0 Å². The van der Waals surface area contributed by atoms with Crippen LogP contribution in [-0.4, -0.2) is 28.1 Å². The molecule has 0 spiro atoms. The van der Waals surface area contributed by atoms with Gasteiger partial charge >= 0.3 is 17.9 Å². The highest BCUT2D eigenvalue weighted by atomic mass is 16.5. The van der Waals surface area contributed by atoms with Crippen molar-refractivity contribution in [1.82, 2.24) is 0 Å². The molecule has 0 heterocycles. The van der Waals surface area contributed by atoms with Crippen molar-refractivity contribution in [2.75, 3.05) is 0 Å². The fourth-order valence-corrected chi connectivity index (χ4v) is 0.887.